The Balaban J connectivity index is 3.78. The normalized spacial score (nSPS) is 12.5. The Bertz CT molecular complexity index is 210. The largest absolute Gasteiger partial charge is 0.103 e. The van der Waals surface area contributed by atoms with Crippen LogP contribution in [0.4, 0.5) is 0 Å². The molecule has 0 bridgehead atoms. The van der Waals surface area contributed by atoms with Crippen LogP contribution in [0.15, 0.2) is 50.1 Å². The zero-order chi connectivity index (χ0) is 12.1. The number of hydrogen-bond donors (Lipinski definition) is 0. The lowest BCUT2D eigenvalue weighted by Gasteiger charge is -2.14. The zero-order valence-corrected chi connectivity index (χ0v) is 10.5. The van der Waals surface area contributed by atoms with Gasteiger partial charge in [0, 0.05) is 0 Å². The van der Waals surface area contributed by atoms with E-state index in [1.807, 2.05) is 24.3 Å². The maximum Gasteiger partial charge on any atom is -0.0345 e. The first-order valence-electron chi connectivity index (χ1n) is 6.34. The number of hydrogen-bond acceptors (Lipinski definition) is 0. The third-order valence-corrected chi connectivity index (χ3v) is 2.81. The van der Waals surface area contributed by atoms with E-state index in [0.717, 1.165) is 18.8 Å². The highest BCUT2D eigenvalue weighted by atomic mass is 14.1. The molecule has 0 amide bonds. The fourth-order valence-corrected chi connectivity index (χ4v) is 1.86. The van der Waals surface area contributed by atoms with Gasteiger partial charge in [0.2, 0.25) is 0 Å². The van der Waals surface area contributed by atoms with E-state index < -0.39 is 0 Å². The average molecular weight is 218 g/mol. The molecule has 0 aliphatic heterocycles. The predicted octanol–water partition coefficient (Wildman–Crippen LogP) is 5.45. The van der Waals surface area contributed by atoms with Crippen LogP contribution in [0.25, 0.3) is 0 Å². The van der Waals surface area contributed by atoms with Crippen molar-refractivity contribution < 1.29 is 0 Å². The van der Waals surface area contributed by atoms with Crippen molar-refractivity contribution >= 4 is 0 Å². The third kappa shape index (κ3) is 9.51. The maximum atomic E-state index is 3.80. The summed E-state index contributed by atoms with van der Waals surface area (Å²) >= 11 is 0. The molecule has 0 heterocycles. The number of allylic oxidation sites excluding steroid dienone is 5. The van der Waals surface area contributed by atoms with E-state index in [1.54, 1.807) is 0 Å². The van der Waals surface area contributed by atoms with E-state index in [4.69, 9.17) is 0 Å². The molecule has 0 aromatic rings. The van der Waals surface area contributed by atoms with Crippen LogP contribution in [0.1, 0.15) is 44.9 Å². The van der Waals surface area contributed by atoms with Crippen LogP contribution < -0.4 is 0 Å². The molecular formula is C16H26. The molecule has 0 aromatic carbocycles. The molecule has 1 atom stereocenters. The molecule has 0 nitrogen and oxygen atoms in total. The van der Waals surface area contributed by atoms with Crippen LogP contribution in [0.2, 0.25) is 0 Å². The van der Waals surface area contributed by atoms with Gasteiger partial charge >= 0.3 is 0 Å². The summed E-state index contributed by atoms with van der Waals surface area (Å²) in [6.45, 7) is 11.2. The summed E-state index contributed by atoms with van der Waals surface area (Å²) in [6, 6.07) is 0. The van der Waals surface area contributed by atoms with Crippen molar-refractivity contribution in [1.29, 1.82) is 0 Å². The SMILES string of the molecule is C=CC=CCCC(CCC=C)CCCC=C. The van der Waals surface area contributed by atoms with Gasteiger partial charge < -0.3 is 0 Å². The molecule has 0 rings (SSSR count). The summed E-state index contributed by atoms with van der Waals surface area (Å²) in [7, 11) is 0. The van der Waals surface area contributed by atoms with Gasteiger partial charge in [-0.3, -0.25) is 0 Å². The molecule has 0 aromatic heterocycles. The van der Waals surface area contributed by atoms with Gasteiger partial charge in [-0.25, -0.2) is 0 Å². The Labute approximate surface area is 101 Å². The molecule has 0 spiro atoms. The lowest BCUT2D eigenvalue weighted by atomic mass is 9.92. The fourth-order valence-electron chi connectivity index (χ4n) is 1.86. The summed E-state index contributed by atoms with van der Waals surface area (Å²) < 4.78 is 0. The quantitative estimate of drug-likeness (QED) is 0.246. The summed E-state index contributed by atoms with van der Waals surface area (Å²) in [5.74, 6) is 0.840. The van der Waals surface area contributed by atoms with Crippen LogP contribution in [-0.4, -0.2) is 0 Å². The predicted molar refractivity (Wildman–Crippen MR) is 75.5 cm³/mol. The van der Waals surface area contributed by atoms with Crippen molar-refractivity contribution in [2.75, 3.05) is 0 Å². The van der Waals surface area contributed by atoms with E-state index in [-0.39, 0.29) is 0 Å². The van der Waals surface area contributed by atoms with Gasteiger partial charge in [-0.15, -0.1) is 13.2 Å². The van der Waals surface area contributed by atoms with Crippen LogP contribution in [-0.2, 0) is 0 Å². The molecule has 0 fully saturated rings. The van der Waals surface area contributed by atoms with Crippen molar-refractivity contribution in [3.05, 3.63) is 50.1 Å². The van der Waals surface area contributed by atoms with Crippen LogP contribution >= 0.6 is 0 Å². The Hall–Kier alpha value is -1.04. The minimum absolute atomic E-state index is 0.840. The standard InChI is InChI=1S/C16H26/c1-4-7-10-12-15-16(13-9-6-3)14-11-8-5-2/h4-7,10,16H,1-3,8-9,11-15H2. The molecule has 0 radical (unpaired) electrons. The summed E-state index contributed by atoms with van der Waals surface area (Å²) in [5.41, 5.74) is 0. The molecule has 0 heteroatoms. The van der Waals surface area contributed by atoms with E-state index in [9.17, 15) is 0 Å². The minimum atomic E-state index is 0.840. The van der Waals surface area contributed by atoms with Gasteiger partial charge in [0.05, 0.1) is 0 Å². The molecule has 0 N–H and O–H groups in total. The Kier molecular flexibility index (Phi) is 11.2. The zero-order valence-electron chi connectivity index (χ0n) is 10.5. The highest BCUT2D eigenvalue weighted by Gasteiger charge is 2.06. The molecule has 0 saturated carbocycles. The highest BCUT2D eigenvalue weighted by Crippen LogP contribution is 2.21. The number of unbranched alkanes of at least 4 members (excludes halogenated alkanes) is 1. The van der Waals surface area contributed by atoms with Crippen LogP contribution in [0, 0.1) is 5.92 Å². The summed E-state index contributed by atoms with van der Waals surface area (Å²) in [4.78, 5) is 0. The van der Waals surface area contributed by atoms with Gasteiger partial charge in [-0.1, -0.05) is 43.4 Å². The van der Waals surface area contributed by atoms with E-state index in [0.29, 0.717) is 0 Å². The maximum absolute atomic E-state index is 3.80. The van der Waals surface area contributed by atoms with Gasteiger partial charge in [0.15, 0.2) is 0 Å². The summed E-state index contributed by atoms with van der Waals surface area (Å²) in [5, 5.41) is 0. The monoisotopic (exact) mass is 218 g/mol. The molecule has 0 aliphatic rings. The van der Waals surface area contributed by atoms with Gasteiger partial charge in [-0.2, -0.15) is 0 Å². The van der Waals surface area contributed by atoms with Crippen molar-refractivity contribution in [3.8, 4) is 0 Å². The van der Waals surface area contributed by atoms with Crippen molar-refractivity contribution in [2.45, 2.75) is 44.9 Å². The van der Waals surface area contributed by atoms with E-state index in [2.05, 4.69) is 25.8 Å². The molecule has 16 heavy (non-hydrogen) atoms. The lowest BCUT2D eigenvalue weighted by Crippen LogP contribution is -1.99. The lowest BCUT2D eigenvalue weighted by molar-refractivity contribution is 0.415. The summed E-state index contributed by atoms with van der Waals surface area (Å²) in [6.07, 6.45) is 18.8. The second-order valence-electron chi connectivity index (χ2n) is 4.19. The van der Waals surface area contributed by atoms with E-state index >= 15 is 0 Å². The van der Waals surface area contributed by atoms with Gasteiger partial charge in [-0.05, 0) is 44.4 Å². The highest BCUT2D eigenvalue weighted by molar-refractivity contribution is 4.97. The van der Waals surface area contributed by atoms with Crippen molar-refractivity contribution in [3.63, 3.8) is 0 Å². The first-order valence-corrected chi connectivity index (χ1v) is 6.34. The first-order chi connectivity index (χ1) is 7.85. The first kappa shape index (κ1) is 15.0. The Morgan fingerprint density at radius 2 is 1.50 bits per heavy atom. The smallest absolute Gasteiger partial charge is 0.0345 e. The molecule has 0 saturated heterocycles. The minimum Gasteiger partial charge on any atom is -0.103 e. The molecule has 0 aliphatic carbocycles. The molecular weight excluding hydrogens is 192 g/mol. The molecule has 1 unspecified atom stereocenters. The topological polar surface area (TPSA) is 0 Å². The molecule has 90 valence electrons. The van der Waals surface area contributed by atoms with Crippen LogP contribution in [0.5, 0.6) is 0 Å². The van der Waals surface area contributed by atoms with Gasteiger partial charge in [0.1, 0.15) is 0 Å². The second kappa shape index (κ2) is 12.0. The van der Waals surface area contributed by atoms with E-state index in [1.165, 1.54) is 32.1 Å². The second-order valence-corrected chi connectivity index (χ2v) is 4.19. The Morgan fingerprint density at radius 3 is 2.12 bits per heavy atom. The van der Waals surface area contributed by atoms with Crippen LogP contribution in [0.3, 0.4) is 0 Å². The fraction of sp³-hybridized carbons (Fsp3) is 0.500. The van der Waals surface area contributed by atoms with Gasteiger partial charge in [0.25, 0.3) is 0 Å². The number of rotatable bonds is 11. The average Bonchev–Trinajstić information content (AvgIpc) is 2.31. The van der Waals surface area contributed by atoms with Crippen molar-refractivity contribution in [2.24, 2.45) is 5.92 Å². The van der Waals surface area contributed by atoms with Crippen molar-refractivity contribution in [1.82, 2.24) is 0 Å². The third-order valence-electron chi connectivity index (χ3n) is 2.81. The Morgan fingerprint density at radius 1 is 0.812 bits per heavy atom.